The van der Waals surface area contributed by atoms with Gasteiger partial charge in [0.05, 0.1) is 18.4 Å². The molecule has 1 aromatic heterocycles. The summed E-state index contributed by atoms with van der Waals surface area (Å²) in [5.74, 6) is 0.0390. The van der Waals surface area contributed by atoms with E-state index >= 15 is 0 Å². The van der Waals surface area contributed by atoms with Crippen molar-refractivity contribution >= 4 is 40.0 Å². The summed E-state index contributed by atoms with van der Waals surface area (Å²) in [6, 6.07) is 14.1. The largest absolute Gasteiger partial charge is 0.497 e. The van der Waals surface area contributed by atoms with E-state index < -0.39 is 0 Å². The van der Waals surface area contributed by atoms with Crippen LogP contribution in [0, 0.1) is 0 Å². The molecule has 2 amide bonds. The summed E-state index contributed by atoms with van der Waals surface area (Å²) in [4.78, 5) is 24.9. The first-order valence-electron chi connectivity index (χ1n) is 8.95. The molecule has 2 aromatic carbocycles. The highest BCUT2D eigenvalue weighted by atomic mass is 32.1. The first-order valence-corrected chi connectivity index (χ1v) is 9.76. The predicted molar refractivity (Wildman–Crippen MR) is 114 cm³/mol. The van der Waals surface area contributed by atoms with Gasteiger partial charge in [-0.3, -0.25) is 14.9 Å². The molecule has 8 heteroatoms. The number of aromatic nitrogens is 2. The lowest BCUT2D eigenvalue weighted by Crippen LogP contribution is -2.16. The van der Waals surface area contributed by atoms with Crippen LogP contribution >= 0.6 is 11.3 Å². The van der Waals surface area contributed by atoms with Crippen LogP contribution in [-0.4, -0.2) is 29.1 Å². The molecule has 3 rings (SSSR count). The van der Waals surface area contributed by atoms with Crippen LogP contribution in [0.1, 0.15) is 27.9 Å². The van der Waals surface area contributed by atoms with Crippen molar-refractivity contribution in [2.75, 3.05) is 17.7 Å². The summed E-state index contributed by atoms with van der Waals surface area (Å²) in [6.45, 7) is 1.97. The number of benzene rings is 2. The first kappa shape index (κ1) is 20.2. The zero-order valence-electron chi connectivity index (χ0n) is 16.0. The van der Waals surface area contributed by atoms with Crippen LogP contribution in [0.2, 0.25) is 0 Å². The van der Waals surface area contributed by atoms with Crippen LogP contribution < -0.4 is 15.4 Å². The van der Waals surface area contributed by atoms with Gasteiger partial charge in [-0.2, -0.15) is 0 Å². The third-order valence-corrected chi connectivity index (χ3v) is 4.95. The number of methoxy groups -OCH3 is 1. The molecule has 3 aromatic rings. The minimum atomic E-state index is -0.362. The van der Waals surface area contributed by atoms with E-state index in [1.807, 2.05) is 31.2 Å². The standard InChI is InChI=1S/C21H20N4O3S/c1-3-19-24-25-21(29-19)23-20(27)16-6-4-5-7-17(16)22-18(26)13-10-14-8-11-15(28-2)12-9-14/h4-13H,3H2,1-2H3,(H,22,26)(H,23,25,27)/b13-10+. The van der Waals surface area contributed by atoms with Gasteiger partial charge in [0.1, 0.15) is 10.8 Å². The van der Waals surface area contributed by atoms with Gasteiger partial charge in [-0.1, -0.05) is 42.5 Å². The van der Waals surface area contributed by atoms with Gasteiger partial charge in [0.15, 0.2) is 0 Å². The number of nitrogens with zero attached hydrogens (tertiary/aromatic N) is 2. The third kappa shape index (κ3) is 5.49. The van der Waals surface area contributed by atoms with Crippen LogP contribution in [0.3, 0.4) is 0 Å². The molecule has 0 aliphatic carbocycles. The summed E-state index contributed by atoms with van der Waals surface area (Å²) < 4.78 is 5.11. The predicted octanol–water partition coefficient (Wildman–Crippen LogP) is 4.01. The Morgan fingerprint density at radius 1 is 1.07 bits per heavy atom. The minimum Gasteiger partial charge on any atom is -0.497 e. The number of amides is 2. The molecule has 0 saturated carbocycles. The van der Waals surface area contributed by atoms with Crippen molar-refractivity contribution in [1.82, 2.24) is 10.2 Å². The Morgan fingerprint density at radius 3 is 2.52 bits per heavy atom. The number of para-hydroxylation sites is 1. The zero-order chi connectivity index (χ0) is 20.6. The smallest absolute Gasteiger partial charge is 0.259 e. The number of rotatable bonds is 7. The molecule has 0 bridgehead atoms. The highest BCUT2D eigenvalue weighted by molar-refractivity contribution is 7.15. The SMILES string of the molecule is CCc1nnc(NC(=O)c2ccccc2NC(=O)/C=C/c2ccc(OC)cc2)s1. The fourth-order valence-corrected chi connectivity index (χ4v) is 3.14. The van der Waals surface area contributed by atoms with E-state index in [0.717, 1.165) is 22.7 Å². The summed E-state index contributed by atoms with van der Waals surface area (Å²) in [5, 5.41) is 14.7. The van der Waals surface area contributed by atoms with Crippen LogP contribution in [0.5, 0.6) is 5.75 Å². The molecule has 7 nitrogen and oxygen atoms in total. The maximum Gasteiger partial charge on any atom is 0.259 e. The van der Waals surface area contributed by atoms with Gasteiger partial charge < -0.3 is 10.1 Å². The Balaban J connectivity index is 1.68. The average Bonchev–Trinajstić information content (AvgIpc) is 3.20. The molecule has 0 unspecified atom stereocenters. The molecular formula is C21H20N4O3S. The quantitative estimate of drug-likeness (QED) is 0.576. The van der Waals surface area contributed by atoms with Crippen molar-refractivity contribution in [2.24, 2.45) is 0 Å². The van der Waals surface area contributed by atoms with Crippen molar-refractivity contribution in [3.63, 3.8) is 0 Å². The van der Waals surface area contributed by atoms with E-state index in [4.69, 9.17) is 4.74 Å². The Morgan fingerprint density at radius 2 is 1.83 bits per heavy atom. The second kappa shape index (κ2) is 9.61. The molecule has 0 aliphatic heterocycles. The molecule has 0 saturated heterocycles. The summed E-state index contributed by atoms with van der Waals surface area (Å²) in [7, 11) is 1.60. The van der Waals surface area contributed by atoms with Crippen LogP contribution in [0.4, 0.5) is 10.8 Å². The molecule has 0 fully saturated rings. The fraction of sp³-hybridized carbons (Fsp3) is 0.143. The number of nitrogens with one attached hydrogen (secondary N) is 2. The van der Waals surface area contributed by atoms with E-state index in [-0.39, 0.29) is 11.8 Å². The average molecular weight is 408 g/mol. The lowest BCUT2D eigenvalue weighted by molar-refractivity contribution is -0.111. The number of anilines is 2. The second-order valence-corrected chi connectivity index (χ2v) is 7.01. The van der Waals surface area contributed by atoms with Gasteiger partial charge in [0.25, 0.3) is 5.91 Å². The number of carbonyl (C=O) groups excluding carboxylic acids is 2. The molecule has 148 valence electrons. The summed E-state index contributed by atoms with van der Waals surface area (Å²) in [6.07, 6.45) is 3.85. The molecule has 0 atom stereocenters. The van der Waals surface area contributed by atoms with E-state index in [2.05, 4.69) is 20.8 Å². The highest BCUT2D eigenvalue weighted by Crippen LogP contribution is 2.20. The van der Waals surface area contributed by atoms with Gasteiger partial charge >= 0.3 is 0 Å². The first-order chi connectivity index (χ1) is 14.1. The molecule has 29 heavy (non-hydrogen) atoms. The molecule has 0 aliphatic rings. The number of hydrogen-bond donors (Lipinski definition) is 2. The van der Waals surface area contributed by atoms with E-state index in [1.165, 1.54) is 17.4 Å². The third-order valence-electron chi connectivity index (χ3n) is 3.96. The Kier molecular flexibility index (Phi) is 6.70. The minimum absolute atomic E-state index is 0.340. The Bertz CT molecular complexity index is 1030. The fourth-order valence-electron chi connectivity index (χ4n) is 2.46. The number of ether oxygens (including phenoxy) is 1. The van der Waals surface area contributed by atoms with Gasteiger partial charge in [-0.05, 0) is 42.3 Å². The Hall–Kier alpha value is -3.52. The number of hydrogen-bond acceptors (Lipinski definition) is 6. The van der Waals surface area contributed by atoms with Crippen LogP contribution in [-0.2, 0) is 11.2 Å². The molecule has 1 heterocycles. The lowest BCUT2D eigenvalue weighted by atomic mass is 10.1. The van der Waals surface area contributed by atoms with Crippen molar-refractivity contribution in [3.8, 4) is 5.75 Å². The van der Waals surface area contributed by atoms with E-state index in [0.29, 0.717) is 16.4 Å². The molecule has 0 spiro atoms. The monoisotopic (exact) mass is 408 g/mol. The second-order valence-electron chi connectivity index (χ2n) is 5.95. The van der Waals surface area contributed by atoms with Gasteiger partial charge in [0.2, 0.25) is 11.0 Å². The number of carbonyl (C=O) groups is 2. The van der Waals surface area contributed by atoms with Crippen LogP contribution in [0.15, 0.2) is 54.6 Å². The Labute approximate surface area is 172 Å². The molecular weight excluding hydrogens is 388 g/mol. The van der Waals surface area contributed by atoms with E-state index in [9.17, 15) is 9.59 Å². The molecule has 2 N–H and O–H groups in total. The topological polar surface area (TPSA) is 93.2 Å². The van der Waals surface area contributed by atoms with Gasteiger partial charge in [-0.25, -0.2) is 0 Å². The number of aryl methyl sites for hydroxylation is 1. The van der Waals surface area contributed by atoms with Crippen molar-refractivity contribution in [3.05, 3.63) is 70.7 Å². The summed E-state index contributed by atoms with van der Waals surface area (Å²) in [5.41, 5.74) is 1.61. The highest BCUT2D eigenvalue weighted by Gasteiger charge is 2.14. The van der Waals surface area contributed by atoms with Crippen molar-refractivity contribution in [2.45, 2.75) is 13.3 Å². The maximum atomic E-state index is 12.6. The van der Waals surface area contributed by atoms with Crippen molar-refractivity contribution in [1.29, 1.82) is 0 Å². The van der Waals surface area contributed by atoms with Crippen molar-refractivity contribution < 1.29 is 14.3 Å². The normalized spacial score (nSPS) is 10.7. The van der Waals surface area contributed by atoms with Crippen LogP contribution in [0.25, 0.3) is 6.08 Å². The maximum absolute atomic E-state index is 12.6. The summed E-state index contributed by atoms with van der Waals surface area (Å²) >= 11 is 1.32. The van der Waals surface area contributed by atoms with Gasteiger partial charge in [0, 0.05) is 6.08 Å². The lowest BCUT2D eigenvalue weighted by Gasteiger charge is -2.09. The molecule has 0 radical (unpaired) electrons. The zero-order valence-corrected chi connectivity index (χ0v) is 16.8. The van der Waals surface area contributed by atoms with Gasteiger partial charge in [-0.15, -0.1) is 10.2 Å². The van der Waals surface area contributed by atoms with E-state index in [1.54, 1.807) is 37.5 Å².